The molecular formula is C26H34Cl2FN3O4S. The van der Waals surface area contributed by atoms with Crippen LogP contribution in [0.25, 0.3) is 0 Å². The highest BCUT2D eigenvalue weighted by Gasteiger charge is 2.30. The van der Waals surface area contributed by atoms with Gasteiger partial charge in [0.25, 0.3) is 0 Å². The first-order chi connectivity index (χ1) is 17.4. The van der Waals surface area contributed by atoms with E-state index in [2.05, 4.69) is 5.32 Å². The Morgan fingerprint density at radius 3 is 2.19 bits per heavy atom. The number of hydrogen-bond donors (Lipinski definition) is 1. The van der Waals surface area contributed by atoms with Crippen LogP contribution in [0, 0.1) is 5.82 Å². The van der Waals surface area contributed by atoms with Gasteiger partial charge in [-0.3, -0.25) is 13.9 Å². The van der Waals surface area contributed by atoms with Gasteiger partial charge in [0.2, 0.25) is 21.8 Å². The van der Waals surface area contributed by atoms with Crippen LogP contribution in [-0.4, -0.2) is 50.0 Å². The number of benzene rings is 2. The Kier molecular flexibility index (Phi) is 11.7. The van der Waals surface area contributed by atoms with E-state index in [9.17, 15) is 22.4 Å². The van der Waals surface area contributed by atoms with Crippen molar-refractivity contribution in [3.63, 3.8) is 0 Å². The maximum absolute atomic E-state index is 14.3. The fourth-order valence-electron chi connectivity index (χ4n) is 3.85. The summed E-state index contributed by atoms with van der Waals surface area (Å²) >= 11 is 12.7. The second-order valence-corrected chi connectivity index (χ2v) is 11.6. The highest BCUT2D eigenvalue weighted by atomic mass is 35.5. The first-order valence-corrected chi connectivity index (χ1v) is 14.8. The minimum Gasteiger partial charge on any atom is -0.352 e. The smallest absolute Gasteiger partial charge is 0.243 e. The third-order valence-corrected chi connectivity index (χ3v) is 7.94. The zero-order valence-corrected chi connectivity index (χ0v) is 23.8. The third kappa shape index (κ3) is 8.58. The van der Waals surface area contributed by atoms with Crippen molar-refractivity contribution in [1.29, 1.82) is 0 Å². The highest BCUT2D eigenvalue weighted by molar-refractivity contribution is 7.92. The van der Waals surface area contributed by atoms with Crippen LogP contribution in [-0.2, 0) is 26.2 Å². The molecule has 2 aromatic rings. The summed E-state index contributed by atoms with van der Waals surface area (Å²) in [6, 6.07) is 9.70. The largest absolute Gasteiger partial charge is 0.352 e. The van der Waals surface area contributed by atoms with Crippen LogP contribution < -0.4 is 9.62 Å². The van der Waals surface area contributed by atoms with Crippen molar-refractivity contribution < 1.29 is 22.4 Å². The normalized spacial score (nSPS) is 13.1. The second-order valence-electron chi connectivity index (χ2n) is 8.85. The average Bonchev–Trinajstić information content (AvgIpc) is 2.83. The van der Waals surface area contributed by atoms with E-state index in [0.29, 0.717) is 22.0 Å². The van der Waals surface area contributed by atoms with Gasteiger partial charge in [0.05, 0.1) is 11.9 Å². The van der Waals surface area contributed by atoms with Crippen molar-refractivity contribution in [2.45, 2.75) is 65.1 Å². The second kappa shape index (κ2) is 14.0. The Labute approximate surface area is 229 Å². The summed E-state index contributed by atoms with van der Waals surface area (Å²) in [5.41, 5.74) is 0.426. The van der Waals surface area contributed by atoms with Gasteiger partial charge in [-0.05, 0) is 50.5 Å². The molecule has 0 unspecified atom stereocenters. The molecule has 7 nitrogen and oxygen atoms in total. The number of carbonyl (C=O) groups is 2. The lowest BCUT2D eigenvalue weighted by molar-refractivity contribution is -0.141. The van der Waals surface area contributed by atoms with Crippen LogP contribution in [0.3, 0.4) is 0 Å². The molecule has 0 heterocycles. The first kappa shape index (κ1) is 30.9. The number of anilines is 1. The van der Waals surface area contributed by atoms with E-state index in [1.54, 1.807) is 31.2 Å². The van der Waals surface area contributed by atoms with Crippen LogP contribution in [0.5, 0.6) is 0 Å². The number of nitrogens with zero attached hydrogens (tertiary/aromatic N) is 2. The lowest BCUT2D eigenvalue weighted by Crippen LogP contribution is -2.50. The average molecular weight is 575 g/mol. The zero-order chi connectivity index (χ0) is 27.8. The molecule has 2 atom stereocenters. The fraction of sp³-hybridized carbons (Fsp3) is 0.462. The lowest BCUT2D eigenvalue weighted by atomic mass is 10.1. The molecule has 0 fully saturated rings. The van der Waals surface area contributed by atoms with E-state index in [0.717, 1.165) is 17.0 Å². The van der Waals surface area contributed by atoms with Crippen molar-refractivity contribution in [3.8, 4) is 0 Å². The van der Waals surface area contributed by atoms with Crippen molar-refractivity contribution >= 4 is 50.7 Å². The molecule has 0 spiro atoms. The number of halogens is 3. The molecule has 204 valence electrons. The molecule has 0 bridgehead atoms. The first-order valence-electron chi connectivity index (χ1n) is 12.2. The Hall–Kier alpha value is -2.36. The SMILES string of the molecule is CC[C@H](C)NC(=O)[C@H](CC)N(Cc1c(Cl)cccc1Cl)C(=O)CCCN(c1ccccc1F)S(C)(=O)=O. The standard InChI is InChI=1S/C26H34Cl2FN3O4S/c1-5-18(3)30-26(34)23(6-2)31(17-19-20(27)11-9-12-21(19)28)25(33)15-10-16-32(37(4,35)36)24-14-8-7-13-22(24)29/h7-9,11-14,18,23H,5-6,10,15-17H2,1-4H3,(H,30,34)/t18-,23-/m0/s1. The van der Waals surface area contributed by atoms with Crippen LogP contribution in [0.1, 0.15) is 52.0 Å². The van der Waals surface area contributed by atoms with E-state index in [-0.39, 0.29) is 49.5 Å². The number of para-hydroxylation sites is 1. The molecule has 0 aliphatic rings. The van der Waals surface area contributed by atoms with E-state index in [1.807, 2.05) is 13.8 Å². The van der Waals surface area contributed by atoms with Gasteiger partial charge in [-0.2, -0.15) is 0 Å². The summed E-state index contributed by atoms with van der Waals surface area (Å²) in [7, 11) is -3.80. The summed E-state index contributed by atoms with van der Waals surface area (Å²) in [6.45, 7) is 5.53. The minimum absolute atomic E-state index is 0.00682. The van der Waals surface area contributed by atoms with Crippen molar-refractivity contribution in [2.75, 3.05) is 17.1 Å². The van der Waals surface area contributed by atoms with Gasteiger partial charge in [-0.25, -0.2) is 12.8 Å². The van der Waals surface area contributed by atoms with Gasteiger partial charge < -0.3 is 10.2 Å². The monoisotopic (exact) mass is 573 g/mol. The third-order valence-electron chi connectivity index (χ3n) is 6.05. The Bertz CT molecular complexity index is 1180. The Balaban J connectivity index is 2.29. The number of sulfonamides is 1. The molecule has 2 rings (SSSR count). The van der Waals surface area contributed by atoms with Gasteiger partial charge in [0, 0.05) is 41.2 Å². The van der Waals surface area contributed by atoms with Crippen LogP contribution in [0.15, 0.2) is 42.5 Å². The summed E-state index contributed by atoms with van der Waals surface area (Å²) in [4.78, 5) is 28.0. The number of amides is 2. The molecular weight excluding hydrogens is 540 g/mol. The number of hydrogen-bond acceptors (Lipinski definition) is 4. The molecule has 2 amide bonds. The summed E-state index contributed by atoms with van der Waals surface area (Å²) in [5, 5.41) is 3.66. The summed E-state index contributed by atoms with van der Waals surface area (Å²) < 4.78 is 40.0. The molecule has 0 aromatic heterocycles. The molecule has 37 heavy (non-hydrogen) atoms. The van der Waals surface area contributed by atoms with Gasteiger partial charge >= 0.3 is 0 Å². The van der Waals surface area contributed by atoms with Crippen LogP contribution >= 0.6 is 23.2 Å². The van der Waals surface area contributed by atoms with E-state index >= 15 is 0 Å². The maximum Gasteiger partial charge on any atom is 0.243 e. The maximum atomic E-state index is 14.3. The van der Waals surface area contributed by atoms with E-state index in [1.165, 1.54) is 23.1 Å². The molecule has 0 aliphatic heterocycles. The highest BCUT2D eigenvalue weighted by Crippen LogP contribution is 2.28. The lowest BCUT2D eigenvalue weighted by Gasteiger charge is -2.32. The zero-order valence-electron chi connectivity index (χ0n) is 21.5. The summed E-state index contributed by atoms with van der Waals surface area (Å²) in [6.07, 6.45) is 2.09. The number of nitrogens with one attached hydrogen (secondary N) is 1. The molecule has 2 aromatic carbocycles. The van der Waals surface area contributed by atoms with Crippen molar-refractivity contribution in [1.82, 2.24) is 10.2 Å². The molecule has 1 N–H and O–H groups in total. The fourth-order valence-corrected chi connectivity index (χ4v) is 5.33. The van der Waals surface area contributed by atoms with Gasteiger partial charge in [0.15, 0.2) is 0 Å². The molecule has 0 radical (unpaired) electrons. The number of rotatable bonds is 13. The minimum atomic E-state index is -3.80. The van der Waals surface area contributed by atoms with Crippen LogP contribution in [0.2, 0.25) is 10.0 Å². The van der Waals surface area contributed by atoms with Crippen LogP contribution in [0.4, 0.5) is 10.1 Å². The molecule has 0 saturated carbocycles. The molecule has 11 heteroatoms. The summed E-state index contributed by atoms with van der Waals surface area (Å²) in [5.74, 6) is -1.34. The van der Waals surface area contributed by atoms with E-state index < -0.39 is 21.9 Å². The number of carbonyl (C=O) groups excluding carboxylic acids is 2. The predicted molar refractivity (Wildman–Crippen MR) is 147 cm³/mol. The van der Waals surface area contributed by atoms with Crippen molar-refractivity contribution in [2.24, 2.45) is 0 Å². The molecule has 0 saturated heterocycles. The van der Waals surface area contributed by atoms with E-state index in [4.69, 9.17) is 23.2 Å². The topological polar surface area (TPSA) is 86.8 Å². The molecule has 0 aliphatic carbocycles. The van der Waals surface area contributed by atoms with Crippen molar-refractivity contribution in [3.05, 3.63) is 63.9 Å². The van der Waals surface area contributed by atoms with Gasteiger partial charge in [-0.15, -0.1) is 0 Å². The Morgan fingerprint density at radius 1 is 1.03 bits per heavy atom. The Morgan fingerprint density at radius 2 is 1.65 bits per heavy atom. The van der Waals surface area contributed by atoms with Gasteiger partial charge in [0.1, 0.15) is 11.9 Å². The predicted octanol–water partition coefficient (Wildman–Crippen LogP) is 5.40. The quantitative estimate of drug-likeness (QED) is 0.347. The van der Waals surface area contributed by atoms with Gasteiger partial charge in [-0.1, -0.05) is 55.2 Å².